The summed E-state index contributed by atoms with van der Waals surface area (Å²) in [5, 5.41) is 6.69. The van der Waals surface area contributed by atoms with Crippen molar-refractivity contribution < 1.29 is 8.42 Å². The van der Waals surface area contributed by atoms with Crippen LogP contribution in [0.25, 0.3) is 11.3 Å². The minimum atomic E-state index is -3.23. The van der Waals surface area contributed by atoms with E-state index in [0.29, 0.717) is 5.69 Å². The normalized spacial score (nSPS) is 11.4. The molecule has 0 aliphatic heterocycles. The van der Waals surface area contributed by atoms with Crippen LogP contribution in [0.1, 0.15) is 6.92 Å². The van der Waals surface area contributed by atoms with E-state index in [2.05, 4.69) is 14.9 Å². The molecule has 17 heavy (non-hydrogen) atoms. The van der Waals surface area contributed by atoms with Gasteiger partial charge in [-0.05, 0) is 25.1 Å². The van der Waals surface area contributed by atoms with Crippen LogP contribution in [0.3, 0.4) is 0 Å². The molecule has 2 rings (SSSR count). The van der Waals surface area contributed by atoms with E-state index >= 15 is 0 Å². The number of aromatic amines is 1. The maximum absolute atomic E-state index is 11.4. The minimum absolute atomic E-state index is 0.0568. The zero-order chi connectivity index (χ0) is 12.3. The number of nitrogens with one attached hydrogen (secondary N) is 2. The van der Waals surface area contributed by atoms with Gasteiger partial charge in [-0.3, -0.25) is 9.82 Å². The fourth-order valence-electron chi connectivity index (χ4n) is 1.42. The van der Waals surface area contributed by atoms with Crippen molar-refractivity contribution in [3.8, 4) is 11.3 Å². The molecule has 0 atom stereocenters. The highest BCUT2D eigenvalue weighted by atomic mass is 32.2. The molecule has 6 heteroatoms. The van der Waals surface area contributed by atoms with Crippen molar-refractivity contribution in [3.05, 3.63) is 36.5 Å². The average molecular weight is 251 g/mol. The number of nitrogens with zero attached hydrogens (tertiary/aromatic N) is 1. The van der Waals surface area contributed by atoms with Gasteiger partial charge < -0.3 is 0 Å². The Morgan fingerprint density at radius 1 is 1.35 bits per heavy atom. The number of aromatic nitrogens is 2. The van der Waals surface area contributed by atoms with Crippen LogP contribution in [-0.2, 0) is 10.0 Å². The lowest BCUT2D eigenvalue weighted by Gasteiger charge is -2.07. The highest BCUT2D eigenvalue weighted by Gasteiger charge is 2.07. The van der Waals surface area contributed by atoms with Crippen molar-refractivity contribution in [1.82, 2.24) is 10.2 Å². The van der Waals surface area contributed by atoms with Crippen LogP contribution < -0.4 is 4.72 Å². The first-order valence-corrected chi connectivity index (χ1v) is 6.86. The highest BCUT2D eigenvalue weighted by molar-refractivity contribution is 7.92. The summed E-state index contributed by atoms with van der Waals surface area (Å²) in [4.78, 5) is 0. The van der Waals surface area contributed by atoms with Crippen molar-refractivity contribution in [3.63, 3.8) is 0 Å². The molecular weight excluding hydrogens is 238 g/mol. The SMILES string of the molecule is CCS(=O)(=O)Nc1cccc(-c2ccn[nH]2)c1. The van der Waals surface area contributed by atoms with Crippen molar-refractivity contribution in [1.29, 1.82) is 0 Å². The second kappa shape index (κ2) is 4.58. The molecule has 2 aromatic rings. The topological polar surface area (TPSA) is 74.8 Å². The predicted molar refractivity (Wildman–Crippen MR) is 67.1 cm³/mol. The third-order valence-corrected chi connectivity index (χ3v) is 3.63. The average Bonchev–Trinajstić information content (AvgIpc) is 2.82. The minimum Gasteiger partial charge on any atom is -0.284 e. The zero-order valence-electron chi connectivity index (χ0n) is 9.34. The standard InChI is InChI=1S/C11H13N3O2S/c1-2-17(15,16)14-10-5-3-4-9(8-10)11-6-7-12-13-11/h3-8,14H,2H2,1H3,(H,12,13). The van der Waals surface area contributed by atoms with Gasteiger partial charge in [0.2, 0.25) is 10.0 Å². The van der Waals surface area contributed by atoms with Crippen LogP contribution in [0, 0.1) is 0 Å². The fraction of sp³-hybridized carbons (Fsp3) is 0.182. The number of hydrogen-bond acceptors (Lipinski definition) is 3. The second-order valence-electron chi connectivity index (χ2n) is 3.56. The lowest BCUT2D eigenvalue weighted by Crippen LogP contribution is -2.14. The summed E-state index contributed by atoms with van der Waals surface area (Å²) >= 11 is 0. The van der Waals surface area contributed by atoms with Gasteiger partial charge in [0.25, 0.3) is 0 Å². The summed E-state index contributed by atoms with van der Waals surface area (Å²) in [6.45, 7) is 1.60. The van der Waals surface area contributed by atoms with Gasteiger partial charge >= 0.3 is 0 Å². The van der Waals surface area contributed by atoms with E-state index in [1.54, 1.807) is 31.3 Å². The Bertz CT molecular complexity index is 591. The number of anilines is 1. The summed E-state index contributed by atoms with van der Waals surface area (Å²) in [6.07, 6.45) is 1.65. The van der Waals surface area contributed by atoms with E-state index in [1.807, 2.05) is 12.1 Å². The molecule has 0 bridgehead atoms. The second-order valence-corrected chi connectivity index (χ2v) is 5.57. The summed E-state index contributed by atoms with van der Waals surface area (Å²) in [6, 6.07) is 8.99. The molecule has 0 fully saturated rings. The van der Waals surface area contributed by atoms with E-state index in [4.69, 9.17) is 0 Å². The highest BCUT2D eigenvalue weighted by Crippen LogP contribution is 2.20. The molecule has 0 unspecified atom stereocenters. The van der Waals surface area contributed by atoms with Gasteiger partial charge in [0.1, 0.15) is 0 Å². The molecule has 0 amide bonds. The largest absolute Gasteiger partial charge is 0.284 e. The smallest absolute Gasteiger partial charge is 0.232 e. The third-order valence-electron chi connectivity index (χ3n) is 2.33. The van der Waals surface area contributed by atoms with Gasteiger partial charge in [0, 0.05) is 17.4 Å². The van der Waals surface area contributed by atoms with Crippen LogP contribution in [-0.4, -0.2) is 24.4 Å². The van der Waals surface area contributed by atoms with Gasteiger partial charge in [-0.25, -0.2) is 8.42 Å². The number of hydrogen-bond donors (Lipinski definition) is 2. The maximum atomic E-state index is 11.4. The molecule has 0 aliphatic carbocycles. The number of rotatable bonds is 4. The first-order chi connectivity index (χ1) is 8.11. The van der Waals surface area contributed by atoms with E-state index in [9.17, 15) is 8.42 Å². The van der Waals surface area contributed by atoms with E-state index in [-0.39, 0.29) is 5.75 Å². The molecule has 1 aromatic carbocycles. The Kier molecular flexibility index (Phi) is 3.14. The summed E-state index contributed by atoms with van der Waals surface area (Å²) in [5.41, 5.74) is 2.29. The lowest BCUT2D eigenvalue weighted by atomic mass is 10.1. The molecule has 2 N–H and O–H groups in total. The van der Waals surface area contributed by atoms with Gasteiger partial charge in [0.05, 0.1) is 11.4 Å². The Balaban J connectivity index is 2.30. The van der Waals surface area contributed by atoms with Crippen molar-refractivity contribution in [2.24, 2.45) is 0 Å². The van der Waals surface area contributed by atoms with Gasteiger partial charge in [-0.15, -0.1) is 0 Å². The Hall–Kier alpha value is -1.82. The lowest BCUT2D eigenvalue weighted by molar-refractivity contribution is 0.602. The Morgan fingerprint density at radius 3 is 2.82 bits per heavy atom. The van der Waals surface area contributed by atoms with E-state index in [1.165, 1.54) is 0 Å². The fourth-order valence-corrected chi connectivity index (χ4v) is 2.05. The quantitative estimate of drug-likeness (QED) is 0.870. The van der Waals surface area contributed by atoms with Crippen LogP contribution >= 0.6 is 0 Å². The van der Waals surface area contributed by atoms with Crippen LogP contribution in [0.2, 0.25) is 0 Å². The zero-order valence-corrected chi connectivity index (χ0v) is 10.2. The van der Waals surface area contributed by atoms with Crippen LogP contribution in [0.4, 0.5) is 5.69 Å². The van der Waals surface area contributed by atoms with E-state index in [0.717, 1.165) is 11.3 Å². The Labute approximate surface area is 99.9 Å². The summed E-state index contributed by atoms with van der Waals surface area (Å²) < 4.78 is 25.4. The van der Waals surface area contributed by atoms with Gasteiger partial charge in [-0.2, -0.15) is 5.10 Å². The molecule has 0 saturated carbocycles. The first kappa shape index (κ1) is 11.7. The monoisotopic (exact) mass is 251 g/mol. The van der Waals surface area contributed by atoms with Gasteiger partial charge in [-0.1, -0.05) is 12.1 Å². The van der Waals surface area contributed by atoms with Crippen LogP contribution in [0.5, 0.6) is 0 Å². The van der Waals surface area contributed by atoms with Crippen molar-refractivity contribution in [2.45, 2.75) is 6.92 Å². The first-order valence-electron chi connectivity index (χ1n) is 5.21. The molecule has 1 heterocycles. The van der Waals surface area contributed by atoms with Crippen molar-refractivity contribution in [2.75, 3.05) is 10.5 Å². The van der Waals surface area contributed by atoms with E-state index < -0.39 is 10.0 Å². The molecule has 1 aromatic heterocycles. The molecule has 0 radical (unpaired) electrons. The number of H-pyrrole nitrogens is 1. The van der Waals surface area contributed by atoms with Crippen molar-refractivity contribution >= 4 is 15.7 Å². The number of sulfonamides is 1. The molecule has 0 spiro atoms. The molecular formula is C11H13N3O2S. The molecule has 90 valence electrons. The summed E-state index contributed by atoms with van der Waals surface area (Å²) in [5.74, 6) is 0.0568. The number of benzene rings is 1. The van der Waals surface area contributed by atoms with Gasteiger partial charge in [0.15, 0.2) is 0 Å². The predicted octanol–water partition coefficient (Wildman–Crippen LogP) is 1.84. The van der Waals surface area contributed by atoms with Crippen LogP contribution in [0.15, 0.2) is 36.5 Å². The Morgan fingerprint density at radius 2 is 2.18 bits per heavy atom. The molecule has 0 aliphatic rings. The third kappa shape index (κ3) is 2.85. The summed E-state index contributed by atoms with van der Waals surface area (Å²) in [7, 11) is -3.23. The maximum Gasteiger partial charge on any atom is 0.232 e. The molecule has 0 saturated heterocycles. The molecule has 5 nitrogen and oxygen atoms in total.